The zero-order chi connectivity index (χ0) is 16.4. The lowest BCUT2D eigenvalue weighted by atomic mass is 10.1. The van der Waals surface area contributed by atoms with Crippen LogP contribution in [0.15, 0.2) is 35.3 Å². The van der Waals surface area contributed by atoms with Gasteiger partial charge in [0.25, 0.3) is 0 Å². The fourth-order valence-electron chi connectivity index (χ4n) is 1.95. The predicted molar refractivity (Wildman–Crippen MR) is 74.7 cm³/mol. The molecule has 0 spiro atoms. The van der Waals surface area contributed by atoms with E-state index in [0.29, 0.717) is 11.1 Å². The first-order valence-corrected chi connectivity index (χ1v) is 6.46. The van der Waals surface area contributed by atoms with Crippen LogP contribution in [0.1, 0.15) is 17.0 Å². The minimum absolute atomic E-state index is 0.189. The van der Waals surface area contributed by atoms with Gasteiger partial charge in [-0.2, -0.15) is 13.2 Å². The van der Waals surface area contributed by atoms with Crippen molar-refractivity contribution in [2.45, 2.75) is 13.1 Å². The molecule has 23 heavy (non-hydrogen) atoms. The number of hydrogen-bond acceptors (Lipinski definition) is 5. The Balaban J connectivity index is 1.90. The standard InChI is InChI=1S/C14H10F3N5O/c1-9-4-10(6-11(5-9)14(15,16)17)13-18-7-22(21-13)3-2-12-20-19-8-23-12/h2-8H,1H3. The lowest BCUT2D eigenvalue weighted by molar-refractivity contribution is -0.137. The fourth-order valence-corrected chi connectivity index (χ4v) is 1.95. The molecule has 9 heteroatoms. The molecule has 2 heterocycles. The molecule has 3 rings (SSSR count). The van der Waals surface area contributed by atoms with Crippen LogP contribution in [0.3, 0.4) is 0 Å². The first-order valence-electron chi connectivity index (χ1n) is 6.46. The highest BCUT2D eigenvalue weighted by atomic mass is 19.4. The van der Waals surface area contributed by atoms with E-state index in [0.717, 1.165) is 12.1 Å². The Morgan fingerprint density at radius 3 is 2.74 bits per heavy atom. The van der Waals surface area contributed by atoms with Gasteiger partial charge in [0.15, 0.2) is 5.82 Å². The highest BCUT2D eigenvalue weighted by Gasteiger charge is 2.31. The molecule has 0 radical (unpaired) electrons. The Morgan fingerprint density at radius 1 is 1.22 bits per heavy atom. The number of hydrogen-bond donors (Lipinski definition) is 0. The summed E-state index contributed by atoms with van der Waals surface area (Å²) in [5.41, 5.74) is 0.0418. The molecule has 1 aromatic carbocycles. The fraction of sp³-hybridized carbons (Fsp3) is 0.143. The average Bonchev–Trinajstić information content (AvgIpc) is 3.15. The first kappa shape index (κ1) is 14.9. The molecule has 6 nitrogen and oxygen atoms in total. The van der Waals surface area contributed by atoms with Gasteiger partial charge in [-0.25, -0.2) is 9.67 Å². The van der Waals surface area contributed by atoms with Gasteiger partial charge in [-0.15, -0.1) is 15.3 Å². The number of benzene rings is 1. The first-order chi connectivity index (χ1) is 10.9. The molecular weight excluding hydrogens is 311 g/mol. The van der Waals surface area contributed by atoms with Crippen LogP contribution in [0.2, 0.25) is 0 Å². The quantitative estimate of drug-likeness (QED) is 0.740. The van der Waals surface area contributed by atoms with Gasteiger partial charge in [-0.1, -0.05) is 0 Å². The lowest BCUT2D eigenvalue weighted by Crippen LogP contribution is -2.05. The molecule has 0 aliphatic rings. The summed E-state index contributed by atoms with van der Waals surface area (Å²) in [7, 11) is 0. The molecule has 0 unspecified atom stereocenters. The summed E-state index contributed by atoms with van der Waals surface area (Å²) in [4.78, 5) is 4.02. The molecule has 0 saturated heterocycles. The third-order valence-corrected chi connectivity index (χ3v) is 2.92. The van der Waals surface area contributed by atoms with Gasteiger partial charge in [0.05, 0.1) is 5.56 Å². The van der Waals surface area contributed by atoms with Crippen molar-refractivity contribution in [1.29, 1.82) is 0 Å². The monoisotopic (exact) mass is 321 g/mol. The van der Waals surface area contributed by atoms with Crippen molar-refractivity contribution in [3.05, 3.63) is 47.9 Å². The molecular formula is C14H10F3N5O. The normalized spacial score (nSPS) is 12.2. The molecule has 0 amide bonds. The summed E-state index contributed by atoms with van der Waals surface area (Å²) in [5.74, 6) is 0.464. The summed E-state index contributed by atoms with van der Waals surface area (Å²) in [5, 5.41) is 11.3. The van der Waals surface area contributed by atoms with Crippen LogP contribution >= 0.6 is 0 Å². The van der Waals surface area contributed by atoms with Crippen molar-refractivity contribution < 1.29 is 17.6 Å². The molecule has 0 saturated carbocycles. The Labute approximate surface area is 128 Å². The van der Waals surface area contributed by atoms with E-state index in [-0.39, 0.29) is 11.7 Å². The SMILES string of the molecule is Cc1cc(-c2ncn(C=Cc3nnco3)n2)cc(C(F)(F)F)c1. The number of halogens is 3. The molecule has 0 aliphatic heterocycles. The van der Waals surface area contributed by atoms with Gasteiger partial charge >= 0.3 is 6.18 Å². The number of aromatic nitrogens is 5. The van der Waals surface area contributed by atoms with Crippen LogP contribution in [0.25, 0.3) is 23.7 Å². The number of aryl methyl sites for hydroxylation is 1. The van der Waals surface area contributed by atoms with E-state index in [4.69, 9.17) is 4.42 Å². The topological polar surface area (TPSA) is 69.6 Å². The highest BCUT2D eigenvalue weighted by molar-refractivity contribution is 5.59. The van der Waals surface area contributed by atoms with E-state index in [1.807, 2.05) is 0 Å². The van der Waals surface area contributed by atoms with E-state index < -0.39 is 11.7 Å². The average molecular weight is 321 g/mol. The van der Waals surface area contributed by atoms with Crippen molar-refractivity contribution in [3.8, 4) is 11.4 Å². The van der Waals surface area contributed by atoms with Crippen molar-refractivity contribution in [2.75, 3.05) is 0 Å². The number of alkyl halides is 3. The van der Waals surface area contributed by atoms with Crippen LogP contribution < -0.4 is 0 Å². The van der Waals surface area contributed by atoms with Crippen LogP contribution in [0.5, 0.6) is 0 Å². The van der Waals surface area contributed by atoms with Crippen LogP contribution in [0, 0.1) is 6.92 Å². The maximum absolute atomic E-state index is 12.9. The summed E-state index contributed by atoms with van der Waals surface area (Å²) in [6, 6.07) is 3.70. The van der Waals surface area contributed by atoms with Gasteiger partial charge in [0.2, 0.25) is 12.3 Å². The van der Waals surface area contributed by atoms with Gasteiger partial charge in [-0.3, -0.25) is 0 Å². The molecule has 3 aromatic rings. The van der Waals surface area contributed by atoms with Gasteiger partial charge in [0, 0.05) is 17.8 Å². The Kier molecular flexibility index (Phi) is 3.68. The summed E-state index contributed by atoms with van der Waals surface area (Å²) in [6.07, 6.45) is 1.14. The molecule has 2 aromatic heterocycles. The van der Waals surface area contributed by atoms with Crippen molar-refractivity contribution in [3.63, 3.8) is 0 Å². The molecule has 0 bridgehead atoms. The lowest BCUT2D eigenvalue weighted by Gasteiger charge is -2.09. The number of nitrogens with zero attached hydrogens (tertiary/aromatic N) is 5. The second-order valence-electron chi connectivity index (χ2n) is 4.73. The summed E-state index contributed by atoms with van der Waals surface area (Å²) in [6.45, 7) is 1.59. The number of rotatable bonds is 3. The minimum atomic E-state index is -4.42. The summed E-state index contributed by atoms with van der Waals surface area (Å²) < 4.78 is 44.9. The van der Waals surface area contributed by atoms with Gasteiger partial charge in [-0.05, 0) is 30.7 Å². The maximum atomic E-state index is 12.9. The third-order valence-electron chi connectivity index (χ3n) is 2.92. The highest BCUT2D eigenvalue weighted by Crippen LogP contribution is 2.32. The van der Waals surface area contributed by atoms with Crippen LogP contribution in [0.4, 0.5) is 13.2 Å². The van der Waals surface area contributed by atoms with E-state index in [1.54, 1.807) is 13.0 Å². The van der Waals surface area contributed by atoms with E-state index in [9.17, 15) is 13.2 Å². The van der Waals surface area contributed by atoms with Crippen LogP contribution in [-0.2, 0) is 6.18 Å². The Morgan fingerprint density at radius 2 is 2.04 bits per heavy atom. The second-order valence-corrected chi connectivity index (χ2v) is 4.73. The molecule has 0 atom stereocenters. The molecule has 0 aliphatic carbocycles. The molecule has 118 valence electrons. The van der Waals surface area contributed by atoms with E-state index >= 15 is 0 Å². The largest absolute Gasteiger partial charge is 0.424 e. The maximum Gasteiger partial charge on any atom is 0.416 e. The Bertz CT molecular complexity index is 836. The molecule has 0 fully saturated rings. The Hall–Kier alpha value is -2.97. The third kappa shape index (κ3) is 3.44. The van der Waals surface area contributed by atoms with Crippen LogP contribution in [-0.4, -0.2) is 25.0 Å². The minimum Gasteiger partial charge on any atom is -0.424 e. The van der Waals surface area contributed by atoms with E-state index in [1.165, 1.54) is 29.7 Å². The zero-order valence-corrected chi connectivity index (χ0v) is 11.8. The zero-order valence-electron chi connectivity index (χ0n) is 11.8. The van der Waals surface area contributed by atoms with Gasteiger partial charge < -0.3 is 4.42 Å². The van der Waals surface area contributed by atoms with Crippen molar-refractivity contribution >= 4 is 12.3 Å². The van der Waals surface area contributed by atoms with Crippen molar-refractivity contribution in [2.24, 2.45) is 0 Å². The molecule has 0 N–H and O–H groups in total. The van der Waals surface area contributed by atoms with Crippen molar-refractivity contribution in [1.82, 2.24) is 25.0 Å². The second kappa shape index (κ2) is 5.67. The summed E-state index contributed by atoms with van der Waals surface area (Å²) >= 11 is 0. The predicted octanol–water partition coefficient (Wildman–Crippen LogP) is 3.28. The smallest absolute Gasteiger partial charge is 0.416 e. The van der Waals surface area contributed by atoms with E-state index in [2.05, 4.69) is 20.3 Å². The van der Waals surface area contributed by atoms with Gasteiger partial charge in [0.1, 0.15) is 6.33 Å².